The van der Waals surface area contributed by atoms with Crippen molar-refractivity contribution in [3.63, 3.8) is 0 Å². The highest BCUT2D eigenvalue weighted by atomic mass is 19.1. The average molecular weight is 200 g/mol. The first kappa shape index (κ1) is 10.6. The van der Waals surface area contributed by atoms with Gasteiger partial charge in [0.2, 0.25) is 0 Å². The van der Waals surface area contributed by atoms with Crippen molar-refractivity contribution in [2.24, 2.45) is 0 Å². The number of halogens is 2. The van der Waals surface area contributed by atoms with Crippen LogP contribution in [0.1, 0.15) is 17.9 Å². The molecule has 0 fully saturated rings. The summed E-state index contributed by atoms with van der Waals surface area (Å²) in [5, 5.41) is 8.49. The second-order valence-corrected chi connectivity index (χ2v) is 3.00. The van der Waals surface area contributed by atoms with Crippen LogP contribution in [0, 0.1) is 5.82 Å². The molecule has 4 heteroatoms. The Balaban J connectivity index is 2.83. The van der Waals surface area contributed by atoms with Gasteiger partial charge in [0.15, 0.2) is 0 Å². The number of carboxylic acid groups (broad SMARTS) is 1. The molecule has 1 aromatic carbocycles. The largest absolute Gasteiger partial charge is 0.481 e. The van der Waals surface area contributed by atoms with E-state index in [9.17, 15) is 13.6 Å². The Bertz CT molecular complexity index is 326. The number of carbonyl (C=O) groups is 1. The number of hydrogen-bond acceptors (Lipinski definition) is 1. The Morgan fingerprint density at radius 1 is 1.50 bits per heavy atom. The minimum Gasteiger partial charge on any atom is -0.481 e. The molecule has 1 aromatic rings. The molecule has 0 bridgehead atoms. The molecule has 1 N–H and O–H groups in total. The van der Waals surface area contributed by atoms with Crippen molar-refractivity contribution < 1.29 is 18.7 Å². The minimum absolute atomic E-state index is 0.319. The van der Waals surface area contributed by atoms with Crippen molar-refractivity contribution in [1.82, 2.24) is 0 Å². The third-order valence-electron chi connectivity index (χ3n) is 1.93. The Kier molecular flexibility index (Phi) is 3.56. The van der Waals surface area contributed by atoms with Crippen LogP contribution >= 0.6 is 0 Å². The Labute approximate surface area is 80.2 Å². The molecule has 0 spiro atoms. The summed E-state index contributed by atoms with van der Waals surface area (Å²) in [5.41, 5.74) is 0.384. The smallest absolute Gasteiger partial charge is 0.304 e. The van der Waals surface area contributed by atoms with E-state index in [0.29, 0.717) is 5.56 Å². The van der Waals surface area contributed by atoms with Gasteiger partial charge in [-0.1, -0.05) is 12.1 Å². The molecule has 0 saturated carbocycles. The number of hydrogen-bond donors (Lipinski definition) is 1. The molecule has 2 nitrogen and oxygen atoms in total. The van der Waals surface area contributed by atoms with E-state index >= 15 is 0 Å². The molecule has 14 heavy (non-hydrogen) atoms. The van der Waals surface area contributed by atoms with Crippen LogP contribution in [0.4, 0.5) is 8.78 Å². The molecule has 0 heterocycles. The molecule has 0 saturated heterocycles. The molecule has 0 amide bonds. The van der Waals surface area contributed by atoms with Crippen LogP contribution in [0.2, 0.25) is 0 Å². The summed E-state index contributed by atoms with van der Waals surface area (Å²) < 4.78 is 25.2. The molecule has 0 aliphatic heterocycles. The van der Waals surface area contributed by atoms with E-state index < -0.39 is 24.4 Å². The van der Waals surface area contributed by atoms with Crippen LogP contribution in [-0.4, -0.2) is 17.8 Å². The molecular formula is C10H10F2O2. The van der Waals surface area contributed by atoms with Gasteiger partial charge < -0.3 is 5.11 Å². The normalized spacial score (nSPS) is 12.4. The molecule has 0 aliphatic rings. The second kappa shape index (κ2) is 4.69. The number of rotatable bonds is 4. The van der Waals surface area contributed by atoms with Gasteiger partial charge in [-0.15, -0.1) is 0 Å². The molecule has 76 valence electrons. The molecule has 0 radical (unpaired) electrons. The summed E-state index contributed by atoms with van der Waals surface area (Å²) in [6, 6.07) is 5.36. The fourth-order valence-corrected chi connectivity index (χ4v) is 1.23. The predicted molar refractivity (Wildman–Crippen MR) is 47.4 cm³/mol. The van der Waals surface area contributed by atoms with Gasteiger partial charge in [-0.2, -0.15) is 0 Å². The summed E-state index contributed by atoms with van der Waals surface area (Å²) >= 11 is 0. The fraction of sp³-hybridized carbons (Fsp3) is 0.300. The number of carboxylic acids is 1. The van der Waals surface area contributed by atoms with Crippen molar-refractivity contribution in [3.05, 3.63) is 35.6 Å². The standard InChI is InChI=1S/C10H10F2O2/c11-6-8(5-10(13)14)7-2-1-3-9(12)4-7/h1-4,8H,5-6H2,(H,13,14). The van der Waals surface area contributed by atoms with Crippen LogP contribution < -0.4 is 0 Å². The van der Waals surface area contributed by atoms with Crippen molar-refractivity contribution in [2.75, 3.05) is 6.67 Å². The first-order valence-corrected chi connectivity index (χ1v) is 4.16. The predicted octanol–water partition coefficient (Wildman–Crippen LogP) is 2.35. The van der Waals surface area contributed by atoms with Gasteiger partial charge in [0.05, 0.1) is 13.1 Å². The quantitative estimate of drug-likeness (QED) is 0.810. The Morgan fingerprint density at radius 2 is 2.21 bits per heavy atom. The lowest BCUT2D eigenvalue weighted by atomic mass is 9.97. The van der Waals surface area contributed by atoms with E-state index in [1.165, 1.54) is 18.2 Å². The zero-order valence-corrected chi connectivity index (χ0v) is 7.41. The molecule has 0 aromatic heterocycles. The van der Waals surface area contributed by atoms with Crippen molar-refractivity contribution >= 4 is 5.97 Å². The third kappa shape index (κ3) is 2.80. The highest BCUT2D eigenvalue weighted by Gasteiger charge is 2.15. The van der Waals surface area contributed by atoms with Gasteiger partial charge in [-0.25, -0.2) is 4.39 Å². The molecule has 1 unspecified atom stereocenters. The number of aliphatic carboxylic acids is 1. The number of benzene rings is 1. The van der Waals surface area contributed by atoms with Crippen molar-refractivity contribution in [2.45, 2.75) is 12.3 Å². The molecule has 0 aliphatic carbocycles. The first-order chi connectivity index (χ1) is 6.63. The maximum Gasteiger partial charge on any atom is 0.304 e. The first-order valence-electron chi connectivity index (χ1n) is 4.16. The van der Waals surface area contributed by atoms with E-state index in [1.54, 1.807) is 0 Å². The maximum atomic E-state index is 12.7. The summed E-state index contributed by atoms with van der Waals surface area (Å²) in [7, 11) is 0. The second-order valence-electron chi connectivity index (χ2n) is 3.00. The molecule has 1 atom stereocenters. The molecular weight excluding hydrogens is 190 g/mol. The maximum absolute atomic E-state index is 12.7. The van der Waals surface area contributed by atoms with Gasteiger partial charge >= 0.3 is 5.97 Å². The zero-order valence-electron chi connectivity index (χ0n) is 7.41. The van der Waals surface area contributed by atoms with Gasteiger partial charge in [-0.3, -0.25) is 9.18 Å². The number of alkyl halides is 1. The van der Waals surface area contributed by atoms with Gasteiger partial charge in [0.25, 0.3) is 0 Å². The van der Waals surface area contributed by atoms with E-state index in [0.717, 1.165) is 6.07 Å². The highest BCUT2D eigenvalue weighted by molar-refractivity contribution is 5.68. The lowest BCUT2D eigenvalue weighted by Crippen LogP contribution is -2.08. The van der Waals surface area contributed by atoms with Gasteiger partial charge in [-0.05, 0) is 17.7 Å². The molecule has 1 rings (SSSR count). The lowest BCUT2D eigenvalue weighted by molar-refractivity contribution is -0.137. The van der Waals surface area contributed by atoms with E-state index in [1.807, 2.05) is 0 Å². The van der Waals surface area contributed by atoms with Crippen LogP contribution in [0.3, 0.4) is 0 Å². The third-order valence-corrected chi connectivity index (χ3v) is 1.93. The van der Waals surface area contributed by atoms with E-state index in [2.05, 4.69) is 0 Å². The Morgan fingerprint density at radius 3 is 2.71 bits per heavy atom. The van der Waals surface area contributed by atoms with Crippen LogP contribution in [0.15, 0.2) is 24.3 Å². The van der Waals surface area contributed by atoms with Gasteiger partial charge in [0.1, 0.15) is 5.82 Å². The van der Waals surface area contributed by atoms with Crippen molar-refractivity contribution in [3.8, 4) is 0 Å². The zero-order chi connectivity index (χ0) is 10.6. The van der Waals surface area contributed by atoms with Gasteiger partial charge in [0, 0.05) is 5.92 Å². The summed E-state index contributed by atoms with van der Waals surface area (Å²) in [6.45, 7) is -0.796. The van der Waals surface area contributed by atoms with Crippen LogP contribution in [-0.2, 0) is 4.79 Å². The summed E-state index contributed by atoms with van der Waals surface area (Å²) in [6.07, 6.45) is -0.319. The average Bonchev–Trinajstić information content (AvgIpc) is 2.14. The van der Waals surface area contributed by atoms with Crippen LogP contribution in [0.25, 0.3) is 0 Å². The topological polar surface area (TPSA) is 37.3 Å². The monoisotopic (exact) mass is 200 g/mol. The highest BCUT2D eigenvalue weighted by Crippen LogP contribution is 2.20. The minimum atomic E-state index is -1.09. The summed E-state index contributed by atoms with van der Waals surface area (Å²) in [5.74, 6) is -2.33. The van der Waals surface area contributed by atoms with E-state index in [4.69, 9.17) is 5.11 Å². The fourth-order valence-electron chi connectivity index (χ4n) is 1.23. The summed E-state index contributed by atoms with van der Waals surface area (Å²) in [4.78, 5) is 10.4. The van der Waals surface area contributed by atoms with Crippen molar-refractivity contribution in [1.29, 1.82) is 0 Å². The van der Waals surface area contributed by atoms with Crippen LogP contribution in [0.5, 0.6) is 0 Å². The SMILES string of the molecule is O=C(O)CC(CF)c1cccc(F)c1. The van der Waals surface area contributed by atoms with E-state index in [-0.39, 0.29) is 6.42 Å². The lowest BCUT2D eigenvalue weighted by Gasteiger charge is -2.10. The Hall–Kier alpha value is -1.45.